The summed E-state index contributed by atoms with van der Waals surface area (Å²) in [5.41, 5.74) is 2.44. The van der Waals surface area contributed by atoms with E-state index >= 15 is 0 Å². The van der Waals surface area contributed by atoms with Gasteiger partial charge in [-0.3, -0.25) is 0 Å². The minimum Gasteiger partial charge on any atom is -0.372 e. The molecule has 0 saturated heterocycles. The zero-order valence-corrected chi connectivity index (χ0v) is 11.5. The first-order chi connectivity index (χ1) is 7.54. The SMILES string of the molecule is CC(C)CC(C)N(C)c1ccc(CCl)cc1. The Balaban J connectivity index is 2.67. The van der Waals surface area contributed by atoms with Crippen molar-refractivity contribution in [2.75, 3.05) is 11.9 Å². The van der Waals surface area contributed by atoms with E-state index in [0.717, 1.165) is 5.92 Å². The van der Waals surface area contributed by atoms with E-state index < -0.39 is 0 Å². The molecule has 1 rings (SSSR count). The molecule has 0 N–H and O–H groups in total. The van der Waals surface area contributed by atoms with E-state index in [1.54, 1.807) is 0 Å². The van der Waals surface area contributed by atoms with Gasteiger partial charge < -0.3 is 4.90 Å². The Bertz CT molecular complexity index is 305. The summed E-state index contributed by atoms with van der Waals surface area (Å²) in [5, 5.41) is 0. The van der Waals surface area contributed by atoms with Gasteiger partial charge in [0.15, 0.2) is 0 Å². The van der Waals surface area contributed by atoms with Crippen LogP contribution in [0.25, 0.3) is 0 Å². The average Bonchev–Trinajstić information content (AvgIpc) is 2.27. The Morgan fingerprint density at radius 1 is 1.12 bits per heavy atom. The van der Waals surface area contributed by atoms with Crippen LogP contribution in [0.3, 0.4) is 0 Å². The van der Waals surface area contributed by atoms with Crippen molar-refractivity contribution in [1.82, 2.24) is 0 Å². The van der Waals surface area contributed by atoms with Crippen LogP contribution in [0, 0.1) is 5.92 Å². The third-order valence-corrected chi connectivity index (χ3v) is 3.28. The molecule has 16 heavy (non-hydrogen) atoms. The van der Waals surface area contributed by atoms with Crippen LogP contribution in [0.2, 0.25) is 0 Å². The Morgan fingerprint density at radius 2 is 1.69 bits per heavy atom. The molecule has 0 aliphatic rings. The quantitative estimate of drug-likeness (QED) is 0.693. The number of hydrogen-bond donors (Lipinski definition) is 0. The lowest BCUT2D eigenvalue weighted by molar-refractivity contribution is 0.504. The van der Waals surface area contributed by atoms with Gasteiger partial charge in [-0.1, -0.05) is 26.0 Å². The van der Waals surface area contributed by atoms with Crippen LogP contribution < -0.4 is 4.90 Å². The minimum absolute atomic E-state index is 0.571. The van der Waals surface area contributed by atoms with E-state index in [4.69, 9.17) is 11.6 Å². The lowest BCUT2D eigenvalue weighted by Crippen LogP contribution is -2.29. The van der Waals surface area contributed by atoms with E-state index in [1.807, 2.05) is 0 Å². The maximum absolute atomic E-state index is 5.78. The first-order valence-electron chi connectivity index (χ1n) is 5.92. The van der Waals surface area contributed by atoms with Gasteiger partial charge in [0.05, 0.1) is 0 Å². The predicted octanol–water partition coefficient (Wildman–Crippen LogP) is 4.30. The molecule has 0 spiro atoms. The van der Waals surface area contributed by atoms with Gasteiger partial charge >= 0.3 is 0 Å². The number of benzene rings is 1. The van der Waals surface area contributed by atoms with Crippen molar-refractivity contribution in [3.05, 3.63) is 29.8 Å². The molecule has 0 aliphatic carbocycles. The lowest BCUT2D eigenvalue weighted by atomic mass is 10.0. The van der Waals surface area contributed by atoms with E-state index in [2.05, 4.69) is 57.0 Å². The van der Waals surface area contributed by atoms with Crippen molar-refractivity contribution in [1.29, 1.82) is 0 Å². The van der Waals surface area contributed by atoms with Crippen LogP contribution in [0.4, 0.5) is 5.69 Å². The zero-order valence-electron chi connectivity index (χ0n) is 10.7. The van der Waals surface area contributed by atoms with Crippen molar-refractivity contribution in [2.24, 2.45) is 5.92 Å². The Kier molecular flexibility index (Phi) is 5.14. The van der Waals surface area contributed by atoms with E-state index in [-0.39, 0.29) is 0 Å². The Morgan fingerprint density at radius 3 is 2.12 bits per heavy atom. The predicted molar refractivity (Wildman–Crippen MR) is 73.3 cm³/mol. The molecule has 0 aliphatic heterocycles. The molecule has 1 atom stereocenters. The van der Waals surface area contributed by atoms with E-state index in [9.17, 15) is 0 Å². The molecule has 1 unspecified atom stereocenters. The van der Waals surface area contributed by atoms with Crippen LogP contribution in [0.5, 0.6) is 0 Å². The van der Waals surface area contributed by atoms with Gasteiger partial charge in [-0.05, 0) is 37.0 Å². The van der Waals surface area contributed by atoms with Crippen molar-refractivity contribution >= 4 is 17.3 Å². The van der Waals surface area contributed by atoms with Crippen molar-refractivity contribution in [2.45, 2.75) is 39.1 Å². The van der Waals surface area contributed by atoms with Gasteiger partial charge in [0, 0.05) is 24.7 Å². The summed E-state index contributed by atoms with van der Waals surface area (Å²) in [4.78, 5) is 2.33. The fourth-order valence-electron chi connectivity index (χ4n) is 1.91. The second-order valence-electron chi connectivity index (χ2n) is 4.89. The average molecular weight is 240 g/mol. The topological polar surface area (TPSA) is 3.24 Å². The van der Waals surface area contributed by atoms with E-state index in [1.165, 1.54) is 17.7 Å². The highest BCUT2D eigenvalue weighted by Crippen LogP contribution is 2.20. The van der Waals surface area contributed by atoms with Crippen LogP contribution in [0.15, 0.2) is 24.3 Å². The van der Waals surface area contributed by atoms with Gasteiger partial charge in [0.1, 0.15) is 0 Å². The van der Waals surface area contributed by atoms with Gasteiger partial charge in [-0.2, -0.15) is 0 Å². The highest BCUT2D eigenvalue weighted by atomic mass is 35.5. The molecule has 0 fully saturated rings. The van der Waals surface area contributed by atoms with Crippen LogP contribution in [-0.4, -0.2) is 13.1 Å². The van der Waals surface area contributed by atoms with Crippen molar-refractivity contribution < 1.29 is 0 Å². The molecule has 0 saturated carbocycles. The summed E-state index contributed by atoms with van der Waals surface area (Å²) in [5.74, 6) is 1.32. The number of rotatable bonds is 5. The molecule has 0 aromatic heterocycles. The molecule has 90 valence electrons. The first kappa shape index (κ1) is 13.4. The normalized spacial score (nSPS) is 12.9. The fourth-order valence-corrected chi connectivity index (χ4v) is 2.09. The Hall–Kier alpha value is -0.690. The van der Waals surface area contributed by atoms with Crippen molar-refractivity contribution in [3.63, 3.8) is 0 Å². The highest BCUT2D eigenvalue weighted by Gasteiger charge is 2.11. The molecule has 0 radical (unpaired) electrons. The van der Waals surface area contributed by atoms with E-state index in [0.29, 0.717) is 11.9 Å². The third-order valence-electron chi connectivity index (χ3n) is 2.97. The molecular weight excluding hydrogens is 218 g/mol. The number of alkyl halides is 1. The molecule has 1 aromatic carbocycles. The van der Waals surface area contributed by atoms with Gasteiger partial charge in [0.2, 0.25) is 0 Å². The summed E-state index contributed by atoms with van der Waals surface area (Å²) in [6.45, 7) is 6.80. The van der Waals surface area contributed by atoms with Gasteiger partial charge in [0.25, 0.3) is 0 Å². The van der Waals surface area contributed by atoms with Crippen molar-refractivity contribution in [3.8, 4) is 0 Å². The number of nitrogens with zero attached hydrogens (tertiary/aromatic N) is 1. The molecule has 1 aromatic rings. The number of halogens is 1. The fraction of sp³-hybridized carbons (Fsp3) is 0.571. The lowest BCUT2D eigenvalue weighted by Gasteiger charge is -2.28. The second-order valence-corrected chi connectivity index (χ2v) is 5.16. The smallest absolute Gasteiger partial charge is 0.0474 e. The van der Waals surface area contributed by atoms with Crippen LogP contribution >= 0.6 is 11.6 Å². The van der Waals surface area contributed by atoms with Gasteiger partial charge in [-0.25, -0.2) is 0 Å². The standard InChI is InChI=1S/C14H22ClN/c1-11(2)9-12(3)16(4)14-7-5-13(10-15)6-8-14/h5-8,11-12H,9-10H2,1-4H3. The summed E-state index contributed by atoms with van der Waals surface area (Å²) in [6.07, 6.45) is 1.22. The monoisotopic (exact) mass is 239 g/mol. The maximum atomic E-state index is 5.78. The largest absolute Gasteiger partial charge is 0.372 e. The summed E-state index contributed by atoms with van der Waals surface area (Å²) >= 11 is 5.78. The molecular formula is C14H22ClN. The minimum atomic E-state index is 0.571. The zero-order chi connectivity index (χ0) is 12.1. The molecule has 2 heteroatoms. The summed E-state index contributed by atoms with van der Waals surface area (Å²) in [7, 11) is 2.16. The maximum Gasteiger partial charge on any atom is 0.0474 e. The highest BCUT2D eigenvalue weighted by molar-refractivity contribution is 6.17. The van der Waals surface area contributed by atoms with Gasteiger partial charge in [-0.15, -0.1) is 11.6 Å². The summed E-state index contributed by atoms with van der Waals surface area (Å²) < 4.78 is 0. The third kappa shape index (κ3) is 3.71. The molecule has 0 bridgehead atoms. The summed E-state index contributed by atoms with van der Waals surface area (Å²) in [6, 6.07) is 9.06. The molecule has 0 amide bonds. The Labute approximate surface area is 104 Å². The molecule has 0 heterocycles. The number of hydrogen-bond acceptors (Lipinski definition) is 1. The second kappa shape index (κ2) is 6.15. The number of anilines is 1. The first-order valence-corrected chi connectivity index (χ1v) is 6.45. The van der Waals surface area contributed by atoms with Crippen LogP contribution in [0.1, 0.15) is 32.8 Å². The molecule has 1 nitrogen and oxygen atoms in total. The van der Waals surface area contributed by atoms with Crippen LogP contribution in [-0.2, 0) is 5.88 Å².